The summed E-state index contributed by atoms with van der Waals surface area (Å²) in [5.74, 6) is 0. The summed E-state index contributed by atoms with van der Waals surface area (Å²) in [7, 11) is 0. The molecular formula is C12H8BrF3N2S. The van der Waals surface area contributed by atoms with Crippen LogP contribution in [-0.4, -0.2) is 4.98 Å². The van der Waals surface area contributed by atoms with E-state index in [9.17, 15) is 13.2 Å². The molecule has 0 aliphatic rings. The molecule has 0 amide bonds. The lowest BCUT2D eigenvalue weighted by Gasteiger charge is -2.07. The minimum absolute atomic E-state index is 0.485. The first-order chi connectivity index (χ1) is 8.86. The van der Waals surface area contributed by atoms with Gasteiger partial charge in [0.05, 0.1) is 5.56 Å². The molecule has 1 aromatic heterocycles. The van der Waals surface area contributed by atoms with E-state index in [1.54, 1.807) is 18.2 Å². The molecule has 2 nitrogen and oxygen atoms in total. The zero-order valence-electron chi connectivity index (χ0n) is 9.41. The number of anilines is 1. The molecule has 2 N–H and O–H groups in total. The molecule has 2 aromatic rings. The Labute approximate surface area is 120 Å². The molecule has 7 heteroatoms. The van der Waals surface area contributed by atoms with Crippen LogP contribution in [-0.2, 0) is 6.18 Å². The Kier molecular flexibility index (Phi) is 4.05. The topological polar surface area (TPSA) is 38.9 Å². The number of nitrogens with zero attached hydrogens (tertiary/aromatic N) is 1. The molecular weight excluding hydrogens is 341 g/mol. The maximum atomic E-state index is 12.4. The normalized spacial score (nSPS) is 11.6. The monoisotopic (exact) mass is 348 g/mol. The third-order valence-corrected chi connectivity index (χ3v) is 4.18. The largest absolute Gasteiger partial charge is 0.417 e. The van der Waals surface area contributed by atoms with Gasteiger partial charge < -0.3 is 5.73 Å². The Morgan fingerprint density at radius 3 is 2.42 bits per heavy atom. The van der Waals surface area contributed by atoms with Gasteiger partial charge >= 0.3 is 6.18 Å². The average Bonchev–Trinajstić information content (AvgIpc) is 2.32. The highest BCUT2D eigenvalue weighted by Gasteiger charge is 2.30. The van der Waals surface area contributed by atoms with Crippen molar-refractivity contribution in [3.63, 3.8) is 0 Å². The van der Waals surface area contributed by atoms with Crippen molar-refractivity contribution in [2.24, 2.45) is 0 Å². The summed E-state index contributed by atoms with van der Waals surface area (Å²) in [6, 6.07) is 7.59. The number of halogens is 4. The van der Waals surface area contributed by atoms with Gasteiger partial charge in [0, 0.05) is 21.3 Å². The number of hydrogen-bond acceptors (Lipinski definition) is 3. The number of rotatable bonds is 2. The van der Waals surface area contributed by atoms with E-state index in [1.807, 2.05) is 0 Å². The van der Waals surface area contributed by atoms with Gasteiger partial charge in [-0.15, -0.1) is 0 Å². The van der Waals surface area contributed by atoms with Crippen LogP contribution in [0.15, 0.2) is 50.9 Å². The molecule has 0 atom stereocenters. The van der Waals surface area contributed by atoms with Crippen molar-refractivity contribution in [2.75, 3.05) is 5.73 Å². The maximum Gasteiger partial charge on any atom is 0.417 e. The summed E-state index contributed by atoms with van der Waals surface area (Å²) in [6.07, 6.45) is -3.54. The number of hydrogen-bond donors (Lipinski definition) is 1. The Morgan fingerprint density at radius 2 is 1.89 bits per heavy atom. The molecule has 0 spiro atoms. The highest BCUT2D eigenvalue weighted by atomic mass is 79.9. The molecule has 1 aromatic carbocycles. The lowest BCUT2D eigenvalue weighted by molar-refractivity contribution is -0.137. The number of benzene rings is 1. The predicted molar refractivity (Wildman–Crippen MR) is 71.9 cm³/mol. The molecule has 19 heavy (non-hydrogen) atoms. The van der Waals surface area contributed by atoms with Crippen molar-refractivity contribution >= 4 is 33.4 Å². The second-order valence-corrected chi connectivity index (χ2v) is 5.59. The summed E-state index contributed by atoms with van der Waals surface area (Å²) in [6.45, 7) is 0. The number of nitrogen functional groups attached to an aromatic ring is 1. The SMILES string of the molecule is Nc1ccc(Sc2ccc(C(F)(F)F)cn2)c(Br)c1. The quantitative estimate of drug-likeness (QED) is 0.806. The van der Waals surface area contributed by atoms with Gasteiger partial charge in [0.25, 0.3) is 0 Å². The molecule has 100 valence electrons. The van der Waals surface area contributed by atoms with Gasteiger partial charge in [0.1, 0.15) is 5.03 Å². The van der Waals surface area contributed by atoms with E-state index in [0.29, 0.717) is 10.7 Å². The van der Waals surface area contributed by atoms with Crippen LogP contribution >= 0.6 is 27.7 Å². The highest BCUT2D eigenvalue weighted by Crippen LogP contribution is 2.35. The zero-order chi connectivity index (χ0) is 14.0. The van der Waals surface area contributed by atoms with Crippen molar-refractivity contribution in [2.45, 2.75) is 16.1 Å². The number of alkyl halides is 3. The van der Waals surface area contributed by atoms with Crippen LogP contribution in [0.2, 0.25) is 0 Å². The smallest absolute Gasteiger partial charge is 0.399 e. The summed E-state index contributed by atoms with van der Waals surface area (Å²) in [5.41, 5.74) is 5.46. The lowest BCUT2D eigenvalue weighted by atomic mass is 10.3. The van der Waals surface area contributed by atoms with Crippen LogP contribution in [0.1, 0.15) is 5.56 Å². The van der Waals surface area contributed by atoms with E-state index in [0.717, 1.165) is 21.6 Å². The van der Waals surface area contributed by atoms with Gasteiger partial charge in [-0.2, -0.15) is 13.2 Å². The molecule has 0 saturated heterocycles. The predicted octanol–water partition coefficient (Wildman–Crippen LogP) is 4.60. The first kappa shape index (κ1) is 14.2. The first-order valence-electron chi connectivity index (χ1n) is 5.12. The van der Waals surface area contributed by atoms with Crippen LogP contribution < -0.4 is 5.73 Å². The first-order valence-corrected chi connectivity index (χ1v) is 6.73. The molecule has 0 unspecified atom stereocenters. The van der Waals surface area contributed by atoms with Gasteiger partial charge in [0.15, 0.2) is 0 Å². The van der Waals surface area contributed by atoms with Gasteiger partial charge in [-0.1, -0.05) is 11.8 Å². The van der Waals surface area contributed by atoms with Crippen LogP contribution in [0.4, 0.5) is 18.9 Å². The maximum absolute atomic E-state index is 12.4. The second kappa shape index (κ2) is 5.42. The Hall–Kier alpha value is -1.21. The lowest BCUT2D eigenvalue weighted by Crippen LogP contribution is -2.05. The number of nitrogens with two attached hydrogens (primary N) is 1. The molecule has 0 aliphatic heterocycles. The van der Waals surface area contributed by atoms with Crippen molar-refractivity contribution in [1.82, 2.24) is 4.98 Å². The van der Waals surface area contributed by atoms with Gasteiger partial charge in [-0.3, -0.25) is 0 Å². The fourth-order valence-electron chi connectivity index (χ4n) is 1.32. The molecule has 0 saturated carbocycles. The number of pyridine rings is 1. The summed E-state index contributed by atoms with van der Waals surface area (Å²) < 4.78 is 37.9. The Morgan fingerprint density at radius 1 is 1.16 bits per heavy atom. The van der Waals surface area contributed by atoms with E-state index in [-0.39, 0.29) is 0 Å². The zero-order valence-corrected chi connectivity index (χ0v) is 11.8. The van der Waals surface area contributed by atoms with E-state index in [2.05, 4.69) is 20.9 Å². The third-order valence-electron chi connectivity index (χ3n) is 2.23. The van der Waals surface area contributed by atoms with E-state index < -0.39 is 11.7 Å². The van der Waals surface area contributed by atoms with Crippen molar-refractivity contribution < 1.29 is 13.2 Å². The van der Waals surface area contributed by atoms with Gasteiger partial charge in [-0.05, 0) is 46.3 Å². The average molecular weight is 349 g/mol. The summed E-state index contributed by atoms with van der Waals surface area (Å²) >= 11 is 4.60. The highest BCUT2D eigenvalue weighted by molar-refractivity contribution is 9.10. The van der Waals surface area contributed by atoms with Crippen LogP contribution in [0.5, 0.6) is 0 Å². The van der Waals surface area contributed by atoms with E-state index >= 15 is 0 Å². The second-order valence-electron chi connectivity index (χ2n) is 3.67. The molecule has 0 aliphatic carbocycles. The van der Waals surface area contributed by atoms with Crippen molar-refractivity contribution in [3.8, 4) is 0 Å². The van der Waals surface area contributed by atoms with Crippen molar-refractivity contribution in [3.05, 3.63) is 46.6 Å². The van der Waals surface area contributed by atoms with Gasteiger partial charge in [0.2, 0.25) is 0 Å². The third kappa shape index (κ3) is 3.63. The van der Waals surface area contributed by atoms with Crippen LogP contribution in [0.3, 0.4) is 0 Å². The van der Waals surface area contributed by atoms with E-state index in [4.69, 9.17) is 5.73 Å². The fourth-order valence-corrected chi connectivity index (χ4v) is 2.72. The fraction of sp³-hybridized carbons (Fsp3) is 0.0833. The molecule has 0 bridgehead atoms. The Bertz CT molecular complexity index is 585. The van der Waals surface area contributed by atoms with Crippen molar-refractivity contribution in [1.29, 1.82) is 0 Å². The van der Waals surface area contributed by atoms with Gasteiger partial charge in [-0.25, -0.2) is 4.98 Å². The molecule has 2 rings (SSSR count). The molecule has 0 radical (unpaired) electrons. The standard InChI is InChI=1S/C12H8BrF3N2S/c13-9-5-8(17)2-3-10(9)19-11-4-1-7(6-18-11)12(14,15)16/h1-6H,17H2. The van der Waals surface area contributed by atoms with Crippen LogP contribution in [0.25, 0.3) is 0 Å². The minimum atomic E-state index is -4.36. The summed E-state index contributed by atoms with van der Waals surface area (Å²) in [4.78, 5) is 4.63. The molecule has 1 heterocycles. The molecule has 0 fully saturated rings. The number of aromatic nitrogens is 1. The minimum Gasteiger partial charge on any atom is -0.399 e. The van der Waals surface area contributed by atoms with E-state index in [1.165, 1.54) is 17.8 Å². The summed E-state index contributed by atoms with van der Waals surface area (Å²) in [5, 5.41) is 0.485. The Balaban J connectivity index is 2.20. The van der Waals surface area contributed by atoms with Crippen LogP contribution in [0, 0.1) is 0 Å².